The van der Waals surface area contributed by atoms with E-state index >= 15 is 0 Å². The highest BCUT2D eigenvalue weighted by atomic mass is 32.2. The summed E-state index contributed by atoms with van der Waals surface area (Å²) in [5, 5.41) is 0. The van der Waals surface area contributed by atoms with Crippen molar-refractivity contribution in [1.82, 2.24) is 4.31 Å². The second-order valence-corrected chi connectivity index (χ2v) is 6.40. The van der Waals surface area contributed by atoms with Gasteiger partial charge in [-0.2, -0.15) is 17.5 Å². The number of sulfonamides is 1. The van der Waals surface area contributed by atoms with Crippen molar-refractivity contribution in [2.45, 2.75) is 17.5 Å². The number of halogens is 4. The summed E-state index contributed by atoms with van der Waals surface area (Å²) in [5.74, 6) is -0.889. The van der Waals surface area contributed by atoms with Gasteiger partial charge in [0, 0.05) is 18.7 Å². The number of para-hydroxylation sites is 1. The number of alkyl halides is 3. The zero-order valence-corrected chi connectivity index (χ0v) is 11.5. The van der Waals surface area contributed by atoms with Crippen molar-refractivity contribution in [2.24, 2.45) is 0 Å². The lowest BCUT2D eigenvalue weighted by molar-refractivity contribution is -0.0953. The van der Waals surface area contributed by atoms with E-state index in [0.717, 1.165) is 22.5 Å². The van der Waals surface area contributed by atoms with Crippen molar-refractivity contribution in [3.8, 4) is 0 Å². The molecule has 1 aliphatic rings. The first kappa shape index (κ1) is 15.8. The zero-order chi connectivity index (χ0) is 15.8. The largest absolute Gasteiger partial charge is 0.412 e. The molecular formula is C12H12F4N2O2S. The summed E-state index contributed by atoms with van der Waals surface area (Å²) in [5.41, 5.74) is 4.09. The zero-order valence-electron chi connectivity index (χ0n) is 10.7. The molecule has 0 radical (unpaired) electrons. The average Bonchev–Trinajstić information content (AvgIpc) is 2.41. The fraction of sp³-hybridized carbons (Fsp3) is 0.333. The highest BCUT2D eigenvalue weighted by Gasteiger charge is 2.37. The van der Waals surface area contributed by atoms with Crippen LogP contribution < -0.4 is 5.73 Å². The molecule has 0 spiro atoms. The maximum absolute atomic E-state index is 13.3. The van der Waals surface area contributed by atoms with E-state index in [-0.39, 0.29) is 6.54 Å². The summed E-state index contributed by atoms with van der Waals surface area (Å²) in [7, 11) is -4.13. The SMILES string of the molecule is Nc1c(F)cccc1S(=O)(=O)N1CC=C(C(F)(F)F)CC1. The molecule has 4 nitrogen and oxygen atoms in total. The van der Waals surface area contributed by atoms with Gasteiger partial charge in [0.2, 0.25) is 10.0 Å². The molecule has 0 aromatic heterocycles. The van der Waals surface area contributed by atoms with Crippen LogP contribution >= 0.6 is 0 Å². The first-order valence-electron chi connectivity index (χ1n) is 5.94. The molecule has 21 heavy (non-hydrogen) atoms. The van der Waals surface area contributed by atoms with Crippen molar-refractivity contribution in [2.75, 3.05) is 18.8 Å². The van der Waals surface area contributed by atoms with Crippen LogP contribution in [-0.4, -0.2) is 32.0 Å². The molecule has 1 aliphatic heterocycles. The molecule has 0 amide bonds. The van der Waals surface area contributed by atoms with E-state index in [2.05, 4.69) is 0 Å². The number of anilines is 1. The number of benzene rings is 1. The van der Waals surface area contributed by atoms with Crippen LogP contribution in [0, 0.1) is 5.82 Å². The van der Waals surface area contributed by atoms with Crippen LogP contribution in [0.2, 0.25) is 0 Å². The molecule has 2 rings (SSSR count). The van der Waals surface area contributed by atoms with E-state index in [9.17, 15) is 26.0 Å². The Bertz CT molecular complexity index is 683. The van der Waals surface area contributed by atoms with Gasteiger partial charge in [-0.15, -0.1) is 0 Å². The minimum absolute atomic E-state index is 0.330. The van der Waals surface area contributed by atoms with Gasteiger partial charge < -0.3 is 5.73 Å². The minimum Gasteiger partial charge on any atom is -0.395 e. The van der Waals surface area contributed by atoms with Crippen molar-refractivity contribution in [1.29, 1.82) is 0 Å². The van der Waals surface area contributed by atoms with Crippen LogP contribution in [0.4, 0.5) is 23.2 Å². The topological polar surface area (TPSA) is 63.4 Å². The number of nitrogens with zero attached hydrogens (tertiary/aromatic N) is 1. The summed E-state index contributed by atoms with van der Waals surface area (Å²) in [6.07, 6.45) is -4.10. The Morgan fingerprint density at radius 2 is 1.90 bits per heavy atom. The van der Waals surface area contributed by atoms with Gasteiger partial charge in [-0.05, 0) is 18.6 Å². The van der Waals surface area contributed by atoms with E-state index in [1.54, 1.807) is 0 Å². The fourth-order valence-electron chi connectivity index (χ4n) is 2.01. The van der Waals surface area contributed by atoms with Crippen molar-refractivity contribution < 1.29 is 26.0 Å². The Morgan fingerprint density at radius 3 is 2.43 bits per heavy atom. The third-order valence-corrected chi connectivity index (χ3v) is 5.09. The highest BCUT2D eigenvalue weighted by molar-refractivity contribution is 7.89. The first-order valence-corrected chi connectivity index (χ1v) is 7.38. The summed E-state index contributed by atoms with van der Waals surface area (Å²) in [4.78, 5) is -0.439. The van der Waals surface area contributed by atoms with Crippen LogP contribution in [0.5, 0.6) is 0 Å². The first-order chi connectivity index (χ1) is 9.64. The van der Waals surface area contributed by atoms with Crippen molar-refractivity contribution in [3.63, 3.8) is 0 Å². The quantitative estimate of drug-likeness (QED) is 0.516. The third-order valence-electron chi connectivity index (χ3n) is 3.17. The van der Waals surface area contributed by atoms with E-state index in [4.69, 9.17) is 5.73 Å². The van der Waals surface area contributed by atoms with Gasteiger partial charge >= 0.3 is 6.18 Å². The Labute approximate surface area is 118 Å². The maximum atomic E-state index is 13.3. The molecule has 0 saturated heterocycles. The van der Waals surface area contributed by atoms with E-state index < -0.39 is 51.1 Å². The number of nitrogen functional groups attached to an aromatic ring is 1. The highest BCUT2D eigenvalue weighted by Crippen LogP contribution is 2.32. The molecule has 1 heterocycles. The summed E-state index contributed by atoms with van der Waals surface area (Å²) in [6, 6.07) is 3.31. The molecule has 116 valence electrons. The Kier molecular flexibility index (Phi) is 3.98. The van der Waals surface area contributed by atoms with Crippen molar-refractivity contribution in [3.05, 3.63) is 35.7 Å². The molecule has 0 fully saturated rings. The molecule has 0 unspecified atom stereocenters. The lowest BCUT2D eigenvalue weighted by atomic mass is 10.1. The van der Waals surface area contributed by atoms with Crippen LogP contribution in [-0.2, 0) is 10.0 Å². The van der Waals surface area contributed by atoms with Crippen LogP contribution in [0.1, 0.15) is 6.42 Å². The summed E-state index contributed by atoms with van der Waals surface area (Å²) in [6.45, 7) is -0.753. The monoisotopic (exact) mass is 324 g/mol. The fourth-order valence-corrected chi connectivity index (χ4v) is 3.51. The van der Waals surface area contributed by atoms with E-state index in [0.29, 0.717) is 0 Å². The standard InChI is InChI=1S/C12H12F4N2O2S/c13-9-2-1-3-10(11(9)17)21(19,20)18-6-4-8(5-7-18)12(14,15)16/h1-4H,5-7,17H2. The molecular weight excluding hydrogens is 312 g/mol. The van der Waals surface area contributed by atoms with E-state index in [1.165, 1.54) is 6.07 Å². The number of rotatable bonds is 2. The van der Waals surface area contributed by atoms with Crippen LogP contribution in [0.3, 0.4) is 0 Å². The average molecular weight is 324 g/mol. The lowest BCUT2D eigenvalue weighted by Crippen LogP contribution is -2.37. The molecule has 0 aliphatic carbocycles. The van der Waals surface area contributed by atoms with Gasteiger partial charge in [0.25, 0.3) is 0 Å². The maximum Gasteiger partial charge on any atom is 0.412 e. The second-order valence-electron chi connectivity index (χ2n) is 4.49. The number of nitrogens with two attached hydrogens (primary N) is 1. The minimum atomic E-state index is -4.46. The smallest absolute Gasteiger partial charge is 0.395 e. The molecule has 2 N–H and O–H groups in total. The summed E-state index contributed by atoms with van der Waals surface area (Å²) < 4.78 is 76.2. The predicted molar refractivity (Wildman–Crippen MR) is 68.3 cm³/mol. The normalized spacial score (nSPS) is 17.6. The second kappa shape index (κ2) is 5.30. The predicted octanol–water partition coefficient (Wildman–Crippen LogP) is 2.29. The molecule has 1 aromatic rings. The van der Waals surface area contributed by atoms with Gasteiger partial charge in [0.15, 0.2) is 0 Å². The summed E-state index contributed by atoms with van der Waals surface area (Å²) >= 11 is 0. The van der Waals surface area contributed by atoms with Gasteiger partial charge in [-0.1, -0.05) is 12.1 Å². The van der Waals surface area contributed by atoms with Gasteiger partial charge in [0.1, 0.15) is 10.7 Å². The number of hydrogen-bond acceptors (Lipinski definition) is 3. The molecule has 0 bridgehead atoms. The Balaban J connectivity index is 2.31. The molecule has 0 saturated carbocycles. The Morgan fingerprint density at radius 1 is 1.24 bits per heavy atom. The molecule has 0 atom stereocenters. The van der Waals surface area contributed by atoms with Gasteiger partial charge in [-0.25, -0.2) is 12.8 Å². The van der Waals surface area contributed by atoms with Gasteiger partial charge in [-0.3, -0.25) is 0 Å². The third kappa shape index (κ3) is 3.03. The van der Waals surface area contributed by atoms with Crippen molar-refractivity contribution >= 4 is 15.7 Å². The van der Waals surface area contributed by atoms with Crippen LogP contribution in [0.15, 0.2) is 34.7 Å². The van der Waals surface area contributed by atoms with Gasteiger partial charge in [0.05, 0.1) is 5.69 Å². The van der Waals surface area contributed by atoms with Crippen LogP contribution in [0.25, 0.3) is 0 Å². The van der Waals surface area contributed by atoms with E-state index in [1.807, 2.05) is 0 Å². The molecule has 9 heteroatoms. The lowest BCUT2D eigenvalue weighted by Gasteiger charge is -2.27. The Hall–Kier alpha value is -1.61. The molecule has 1 aromatic carbocycles. The number of hydrogen-bond donors (Lipinski definition) is 1.